The molecule has 5 nitrogen and oxygen atoms in total. The van der Waals surface area contributed by atoms with Crippen LogP contribution in [0.1, 0.15) is 46.2 Å². The predicted octanol–water partition coefficient (Wildman–Crippen LogP) is 2.42. The first-order valence-corrected chi connectivity index (χ1v) is 7.65. The lowest BCUT2D eigenvalue weighted by Crippen LogP contribution is -2.49. The lowest BCUT2D eigenvalue weighted by Gasteiger charge is -2.23. The monoisotopic (exact) mass is 306 g/mol. The number of hydrogen-bond acceptors (Lipinski definition) is 3. The van der Waals surface area contributed by atoms with E-state index < -0.39 is 6.04 Å². The second kappa shape index (κ2) is 8.41. The van der Waals surface area contributed by atoms with E-state index in [4.69, 9.17) is 4.74 Å². The Balaban J connectivity index is 2.70. The minimum atomic E-state index is -0.525. The molecule has 1 rings (SSSR count). The largest absolute Gasteiger partial charge is 0.494 e. The summed E-state index contributed by atoms with van der Waals surface area (Å²) < 4.78 is 5.40. The van der Waals surface area contributed by atoms with E-state index in [1.807, 2.05) is 52.0 Å². The third-order valence-electron chi connectivity index (χ3n) is 3.36. The number of carbonyl (C=O) groups excluding carboxylic acids is 2. The number of nitrogens with one attached hydrogen (secondary N) is 2. The Kier molecular flexibility index (Phi) is 6.89. The van der Waals surface area contributed by atoms with Crippen molar-refractivity contribution >= 4 is 11.8 Å². The van der Waals surface area contributed by atoms with E-state index in [9.17, 15) is 9.59 Å². The van der Waals surface area contributed by atoms with Gasteiger partial charge in [-0.25, -0.2) is 0 Å². The highest BCUT2D eigenvalue weighted by Gasteiger charge is 2.24. The molecule has 1 aromatic rings. The van der Waals surface area contributed by atoms with Crippen LogP contribution >= 0.6 is 0 Å². The van der Waals surface area contributed by atoms with E-state index in [1.165, 1.54) is 6.92 Å². The van der Waals surface area contributed by atoms with Crippen molar-refractivity contribution in [2.75, 3.05) is 6.61 Å². The molecule has 0 saturated carbocycles. The van der Waals surface area contributed by atoms with Crippen LogP contribution in [0.4, 0.5) is 0 Å². The Morgan fingerprint density at radius 3 is 2.14 bits per heavy atom. The maximum atomic E-state index is 12.3. The van der Waals surface area contributed by atoms with Gasteiger partial charge in [0.05, 0.1) is 12.6 Å². The molecule has 122 valence electrons. The third-order valence-corrected chi connectivity index (χ3v) is 3.36. The average Bonchev–Trinajstić information content (AvgIpc) is 2.45. The topological polar surface area (TPSA) is 67.4 Å². The molecule has 0 aliphatic carbocycles. The second-order valence-electron chi connectivity index (χ2n) is 5.65. The fourth-order valence-electron chi connectivity index (χ4n) is 2.16. The van der Waals surface area contributed by atoms with Gasteiger partial charge in [0.2, 0.25) is 11.8 Å². The summed E-state index contributed by atoms with van der Waals surface area (Å²) in [5, 5.41) is 5.63. The zero-order valence-electron chi connectivity index (χ0n) is 14.0. The highest BCUT2D eigenvalue weighted by Crippen LogP contribution is 2.18. The molecule has 0 aromatic heterocycles. The van der Waals surface area contributed by atoms with Crippen LogP contribution in [-0.4, -0.2) is 24.5 Å². The summed E-state index contributed by atoms with van der Waals surface area (Å²) >= 11 is 0. The van der Waals surface area contributed by atoms with Gasteiger partial charge in [-0.2, -0.15) is 0 Å². The predicted molar refractivity (Wildman–Crippen MR) is 86.6 cm³/mol. The van der Waals surface area contributed by atoms with Crippen molar-refractivity contribution in [2.24, 2.45) is 5.92 Å². The molecule has 2 amide bonds. The smallest absolute Gasteiger partial charge is 0.243 e. The van der Waals surface area contributed by atoms with Crippen molar-refractivity contribution in [1.82, 2.24) is 10.6 Å². The second-order valence-corrected chi connectivity index (χ2v) is 5.65. The number of hydrogen-bond donors (Lipinski definition) is 2. The molecule has 0 fully saturated rings. The Morgan fingerprint density at radius 1 is 1.09 bits per heavy atom. The molecule has 1 aromatic carbocycles. The fraction of sp³-hybridized carbons (Fsp3) is 0.529. The maximum Gasteiger partial charge on any atom is 0.243 e. The van der Waals surface area contributed by atoms with E-state index in [-0.39, 0.29) is 23.8 Å². The summed E-state index contributed by atoms with van der Waals surface area (Å²) in [7, 11) is 0. The summed E-state index contributed by atoms with van der Waals surface area (Å²) in [6.45, 7) is 9.70. The molecular formula is C17H26N2O3. The molecule has 2 atom stereocenters. The van der Waals surface area contributed by atoms with Crippen LogP contribution in [0.2, 0.25) is 0 Å². The van der Waals surface area contributed by atoms with Gasteiger partial charge in [-0.05, 0) is 37.5 Å². The van der Waals surface area contributed by atoms with Crippen LogP contribution in [0.5, 0.6) is 5.75 Å². The lowest BCUT2D eigenvalue weighted by atomic mass is 10.0. The number of carbonyl (C=O) groups is 2. The molecule has 0 aliphatic heterocycles. The zero-order chi connectivity index (χ0) is 16.7. The first-order valence-electron chi connectivity index (χ1n) is 7.65. The van der Waals surface area contributed by atoms with Crippen LogP contribution in [0, 0.1) is 5.92 Å². The zero-order valence-corrected chi connectivity index (χ0v) is 14.0. The van der Waals surface area contributed by atoms with Gasteiger partial charge in [0.25, 0.3) is 0 Å². The molecule has 0 radical (unpaired) electrons. The average molecular weight is 306 g/mol. The number of rotatable bonds is 7. The van der Waals surface area contributed by atoms with Crippen LogP contribution < -0.4 is 15.4 Å². The molecular weight excluding hydrogens is 280 g/mol. The third kappa shape index (κ3) is 5.39. The summed E-state index contributed by atoms with van der Waals surface area (Å²) in [4.78, 5) is 23.5. The molecule has 0 bridgehead atoms. The van der Waals surface area contributed by atoms with Gasteiger partial charge in [-0.3, -0.25) is 9.59 Å². The van der Waals surface area contributed by atoms with Gasteiger partial charge in [0, 0.05) is 6.92 Å². The quantitative estimate of drug-likeness (QED) is 0.813. The van der Waals surface area contributed by atoms with Crippen LogP contribution in [-0.2, 0) is 9.59 Å². The van der Waals surface area contributed by atoms with Crippen LogP contribution in [0.25, 0.3) is 0 Å². The van der Waals surface area contributed by atoms with Crippen molar-refractivity contribution in [3.05, 3.63) is 29.8 Å². The molecule has 5 heteroatoms. The number of benzene rings is 1. The molecule has 0 saturated heterocycles. The Bertz CT molecular complexity index is 497. The van der Waals surface area contributed by atoms with Gasteiger partial charge in [0.15, 0.2) is 0 Å². The first-order chi connectivity index (χ1) is 10.3. The number of ether oxygens (including phenoxy) is 1. The molecule has 0 aliphatic rings. The summed E-state index contributed by atoms with van der Waals surface area (Å²) in [6, 6.07) is 6.96. The number of amides is 2. The standard InChI is InChI=1S/C17H26N2O3/c1-6-22-15-9-7-14(8-10-15)12(4)18-17(21)16(11(2)3)19-13(5)20/h7-12,16H,6H2,1-5H3,(H,18,21)(H,19,20). The molecule has 0 heterocycles. The van der Waals surface area contributed by atoms with Gasteiger partial charge in [-0.1, -0.05) is 26.0 Å². The van der Waals surface area contributed by atoms with Gasteiger partial charge >= 0.3 is 0 Å². The van der Waals surface area contributed by atoms with Gasteiger partial charge in [0.1, 0.15) is 11.8 Å². The van der Waals surface area contributed by atoms with E-state index in [1.54, 1.807) is 0 Å². The van der Waals surface area contributed by atoms with Gasteiger partial charge < -0.3 is 15.4 Å². The highest BCUT2D eigenvalue weighted by atomic mass is 16.5. The van der Waals surface area contributed by atoms with E-state index in [2.05, 4.69) is 10.6 Å². The molecule has 22 heavy (non-hydrogen) atoms. The van der Waals surface area contributed by atoms with Crippen molar-refractivity contribution in [2.45, 2.75) is 46.7 Å². The van der Waals surface area contributed by atoms with Crippen LogP contribution in [0.15, 0.2) is 24.3 Å². The molecule has 2 N–H and O–H groups in total. The van der Waals surface area contributed by atoms with Crippen molar-refractivity contribution in [3.8, 4) is 5.75 Å². The minimum absolute atomic E-state index is 0.0245. The van der Waals surface area contributed by atoms with Crippen LogP contribution in [0.3, 0.4) is 0 Å². The normalized spacial score (nSPS) is 13.4. The summed E-state index contributed by atoms with van der Waals surface area (Å²) in [5.41, 5.74) is 0.988. The SMILES string of the molecule is CCOc1ccc(C(C)NC(=O)C(NC(C)=O)C(C)C)cc1. The van der Waals surface area contributed by atoms with E-state index in [0.29, 0.717) is 6.61 Å². The Labute approximate surface area is 132 Å². The molecule has 2 unspecified atom stereocenters. The summed E-state index contributed by atoms with van der Waals surface area (Å²) in [6.07, 6.45) is 0. The molecule has 0 spiro atoms. The maximum absolute atomic E-state index is 12.3. The first kappa shape index (κ1) is 18.0. The highest BCUT2D eigenvalue weighted by molar-refractivity contribution is 5.87. The lowest BCUT2D eigenvalue weighted by molar-refractivity contribution is -0.129. The van der Waals surface area contributed by atoms with E-state index >= 15 is 0 Å². The summed E-state index contributed by atoms with van der Waals surface area (Å²) in [5.74, 6) is 0.452. The Hall–Kier alpha value is -2.04. The Morgan fingerprint density at radius 2 is 1.68 bits per heavy atom. The van der Waals surface area contributed by atoms with Crippen molar-refractivity contribution < 1.29 is 14.3 Å². The van der Waals surface area contributed by atoms with Crippen molar-refractivity contribution in [3.63, 3.8) is 0 Å². The van der Waals surface area contributed by atoms with Gasteiger partial charge in [-0.15, -0.1) is 0 Å². The minimum Gasteiger partial charge on any atom is -0.494 e. The fourth-order valence-corrected chi connectivity index (χ4v) is 2.16. The van der Waals surface area contributed by atoms with Crippen molar-refractivity contribution in [1.29, 1.82) is 0 Å². The van der Waals surface area contributed by atoms with E-state index in [0.717, 1.165) is 11.3 Å².